The minimum Gasteiger partial charge on any atom is -0.490 e. The van der Waals surface area contributed by atoms with E-state index >= 15 is 0 Å². The minimum atomic E-state index is -1.13. The summed E-state index contributed by atoms with van der Waals surface area (Å²) in [6.45, 7) is 4.07. The number of carbonyl (C=O) groups excluding carboxylic acids is 2. The van der Waals surface area contributed by atoms with Crippen LogP contribution in [0.4, 0.5) is 4.79 Å². The average Bonchev–Trinajstić information content (AvgIpc) is 3.00. The number of rotatable bonds is 13. The molecule has 4 rings (SSSR count). The molecule has 0 saturated heterocycles. The molecule has 11 heteroatoms. The molecule has 1 aliphatic heterocycles. The van der Waals surface area contributed by atoms with Crippen LogP contribution in [0.2, 0.25) is 0 Å². The zero-order chi connectivity index (χ0) is 29.9. The molecule has 2 amide bonds. The van der Waals surface area contributed by atoms with Crippen molar-refractivity contribution < 1.29 is 33.6 Å². The summed E-state index contributed by atoms with van der Waals surface area (Å²) in [6.07, 6.45) is 0.430. The smallest absolute Gasteiger partial charge is 0.337 e. The number of methoxy groups -OCH3 is 1. The van der Waals surface area contributed by atoms with Gasteiger partial charge in [-0.2, -0.15) is 5.10 Å². The summed E-state index contributed by atoms with van der Waals surface area (Å²) >= 11 is 0. The zero-order valence-corrected chi connectivity index (χ0v) is 23.6. The van der Waals surface area contributed by atoms with Crippen LogP contribution < -0.4 is 30.3 Å². The molecule has 11 nitrogen and oxygen atoms in total. The van der Waals surface area contributed by atoms with Crippen molar-refractivity contribution in [1.82, 2.24) is 16.1 Å². The SMILES string of the molecule is CCOc1cc([C@H]2NC(=O)NC(C)=C2C(=O)OC)ccc1OC[C@H](O)N/N=C/c1ccccc1OCc1ccccc1. The van der Waals surface area contributed by atoms with Crippen LogP contribution in [0.5, 0.6) is 17.2 Å². The van der Waals surface area contributed by atoms with Crippen molar-refractivity contribution in [2.45, 2.75) is 32.7 Å². The molecule has 0 saturated carbocycles. The topological polar surface area (TPSA) is 140 Å². The van der Waals surface area contributed by atoms with E-state index < -0.39 is 24.3 Å². The third-order valence-electron chi connectivity index (χ3n) is 6.26. The lowest BCUT2D eigenvalue weighted by molar-refractivity contribution is -0.136. The zero-order valence-electron chi connectivity index (χ0n) is 23.6. The van der Waals surface area contributed by atoms with Crippen LogP contribution in [0, 0.1) is 0 Å². The molecule has 3 aromatic carbocycles. The summed E-state index contributed by atoms with van der Waals surface area (Å²) in [6, 6.07) is 21.1. The first-order valence-electron chi connectivity index (χ1n) is 13.4. The summed E-state index contributed by atoms with van der Waals surface area (Å²) in [7, 11) is 1.28. The Morgan fingerprint density at radius 2 is 1.79 bits per heavy atom. The Morgan fingerprint density at radius 1 is 1.02 bits per heavy atom. The number of carbonyl (C=O) groups is 2. The molecule has 1 aliphatic rings. The number of ether oxygens (including phenoxy) is 4. The van der Waals surface area contributed by atoms with Crippen LogP contribution in [0.1, 0.15) is 36.6 Å². The Morgan fingerprint density at radius 3 is 2.55 bits per heavy atom. The van der Waals surface area contributed by atoms with Crippen molar-refractivity contribution in [3.05, 3.63) is 101 Å². The van der Waals surface area contributed by atoms with Gasteiger partial charge in [-0.3, -0.25) is 5.43 Å². The van der Waals surface area contributed by atoms with Crippen LogP contribution >= 0.6 is 0 Å². The highest BCUT2D eigenvalue weighted by Gasteiger charge is 2.32. The van der Waals surface area contributed by atoms with E-state index in [4.69, 9.17) is 18.9 Å². The summed E-state index contributed by atoms with van der Waals surface area (Å²) < 4.78 is 22.4. The van der Waals surface area contributed by atoms with E-state index in [1.54, 1.807) is 31.3 Å². The Bertz CT molecular complexity index is 1440. The summed E-state index contributed by atoms with van der Waals surface area (Å²) in [5.74, 6) is 0.836. The minimum absolute atomic E-state index is 0.139. The molecule has 1 heterocycles. The molecule has 0 bridgehead atoms. The molecular formula is C31H34N4O7. The fraction of sp³-hybridized carbons (Fsp3) is 0.258. The van der Waals surface area contributed by atoms with Gasteiger partial charge in [-0.15, -0.1) is 0 Å². The van der Waals surface area contributed by atoms with Crippen molar-refractivity contribution in [3.63, 3.8) is 0 Å². The predicted molar refractivity (Wildman–Crippen MR) is 156 cm³/mol. The standard InChI is InChI=1S/C31H34N4O7/c1-4-40-26-16-22(29-28(30(37)39-3)20(2)33-31(38)34-29)14-15-25(26)42-19-27(36)35-32-17-23-12-8-9-13-24(23)41-18-21-10-6-5-7-11-21/h5-17,27,29,35-36H,4,18-19H2,1-3H3,(H2,33,34,38)/b32-17+/t27-,29+/m0/s1. The molecule has 2 atom stereocenters. The largest absolute Gasteiger partial charge is 0.490 e. The highest BCUT2D eigenvalue weighted by Crippen LogP contribution is 2.35. The number of urea groups is 1. The van der Waals surface area contributed by atoms with E-state index in [9.17, 15) is 14.7 Å². The Labute approximate surface area is 244 Å². The van der Waals surface area contributed by atoms with E-state index in [1.807, 2.05) is 61.5 Å². The fourth-order valence-electron chi connectivity index (χ4n) is 4.27. The number of esters is 1. The molecular weight excluding hydrogens is 540 g/mol. The van der Waals surface area contributed by atoms with Crippen LogP contribution in [-0.2, 0) is 16.1 Å². The lowest BCUT2D eigenvalue weighted by Crippen LogP contribution is -2.45. The second-order valence-electron chi connectivity index (χ2n) is 9.23. The van der Waals surface area contributed by atoms with Crippen molar-refractivity contribution >= 4 is 18.2 Å². The van der Waals surface area contributed by atoms with Gasteiger partial charge >= 0.3 is 12.0 Å². The Kier molecular flexibility index (Phi) is 10.4. The van der Waals surface area contributed by atoms with Gasteiger partial charge in [0.15, 0.2) is 17.7 Å². The molecule has 0 radical (unpaired) electrons. The quantitative estimate of drug-likeness (QED) is 0.105. The van der Waals surface area contributed by atoms with Gasteiger partial charge in [-0.25, -0.2) is 9.59 Å². The number of hydrazone groups is 1. The van der Waals surface area contributed by atoms with E-state index in [0.717, 1.165) is 11.1 Å². The number of benzene rings is 3. The van der Waals surface area contributed by atoms with Crippen LogP contribution in [0.3, 0.4) is 0 Å². The highest BCUT2D eigenvalue weighted by molar-refractivity contribution is 5.95. The Balaban J connectivity index is 1.39. The van der Waals surface area contributed by atoms with Crippen molar-refractivity contribution in [2.75, 3.05) is 20.3 Å². The molecule has 0 fully saturated rings. The summed E-state index contributed by atoms with van der Waals surface area (Å²) in [5.41, 5.74) is 5.70. The molecule has 42 heavy (non-hydrogen) atoms. The number of nitrogens with zero attached hydrogens (tertiary/aromatic N) is 1. The number of para-hydroxylation sites is 1. The van der Waals surface area contributed by atoms with Gasteiger partial charge in [0.1, 0.15) is 19.0 Å². The van der Waals surface area contributed by atoms with Gasteiger partial charge in [0, 0.05) is 11.3 Å². The van der Waals surface area contributed by atoms with E-state index in [-0.39, 0.29) is 12.2 Å². The van der Waals surface area contributed by atoms with Gasteiger partial charge < -0.3 is 34.7 Å². The number of allylic oxidation sites excluding steroid dienone is 1. The molecule has 0 aromatic heterocycles. The second-order valence-corrected chi connectivity index (χ2v) is 9.23. The first-order valence-corrected chi connectivity index (χ1v) is 13.4. The van der Waals surface area contributed by atoms with E-state index in [0.29, 0.717) is 41.7 Å². The van der Waals surface area contributed by atoms with Crippen molar-refractivity contribution in [1.29, 1.82) is 0 Å². The van der Waals surface area contributed by atoms with Crippen LogP contribution in [-0.4, -0.2) is 49.9 Å². The molecule has 0 aliphatic carbocycles. The Hall–Kier alpha value is -5.03. The van der Waals surface area contributed by atoms with Gasteiger partial charge in [-0.1, -0.05) is 48.5 Å². The normalized spacial score (nSPS) is 15.4. The van der Waals surface area contributed by atoms with Crippen LogP contribution in [0.25, 0.3) is 0 Å². The predicted octanol–water partition coefficient (Wildman–Crippen LogP) is 3.79. The van der Waals surface area contributed by atoms with Gasteiger partial charge in [-0.05, 0) is 49.2 Å². The number of nitrogens with one attached hydrogen (secondary N) is 3. The maximum Gasteiger partial charge on any atom is 0.337 e. The first-order chi connectivity index (χ1) is 20.4. The van der Waals surface area contributed by atoms with Gasteiger partial charge in [0.2, 0.25) is 0 Å². The molecule has 0 unspecified atom stereocenters. The number of hydrogen-bond acceptors (Lipinski definition) is 9. The van der Waals surface area contributed by atoms with E-state index in [1.165, 1.54) is 7.11 Å². The second kappa shape index (κ2) is 14.6. The number of aliphatic hydroxyl groups excluding tert-OH is 1. The molecule has 3 aromatic rings. The van der Waals surface area contributed by atoms with Crippen molar-refractivity contribution in [2.24, 2.45) is 5.10 Å². The number of hydrogen-bond donors (Lipinski definition) is 4. The fourth-order valence-corrected chi connectivity index (χ4v) is 4.27. The maximum absolute atomic E-state index is 12.4. The number of amides is 2. The molecule has 0 spiro atoms. The van der Waals surface area contributed by atoms with Gasteiger partial charge in [0.25, 0.3) is 0 Å². The van der Waals surface area contributed by atoms with Crippen molar-refractivity contribution in [3.8, 4) is 17.2 Å². The first kappa shape index (κ1) is 29.9. The van der Waals surface area contributed by atoms with E-state index in [2.05, 4.69) is 21.2 Å². The van der Waals surface area contributed by atoms with Gasteiger partial charge in [0.05, 0.1) is 31.5 Å². The molecule has 4 N–H and O–H groups in total. The highest BCUT2D eigenvalue weighted by atomic mass is 16.5. The monoisotopic (exact) mass is 574 g/mol. The maximum atomic E-state index is 12.4. The number of aliphatic hydroxyl groups is 1. The third-order valence-corrected chi connectivity index (χ3v) is 6.26. The summed E-state index contributed by atoms with van der Waals surface area (Å²) in [4.78, 5) is 24.6. The lowest BCUT2D eigenvalue weighted by atomic mass is 9.95. The average molecular weight is 575 g/mol. The van der Waals surface area contributed by atoms with Crippen LogP contribution in [0.15, 0.2) is 89.2 Å². The summed E-state index contributed by atoms with van der Waals surface area (Å²) in [5, 5.41) is 19.9. The lowest BCUT2D eigenvalue weighted by Gasteiger charge is -2.28. The molecule has 220 valence electrons. The third kappa shape index (κ3) is 7.79.